The van der Waals surface area contributed by atoms with Crippen LogP contribution in [-0.4, -0.2) is 27.1 Å². The largest absolute Gasteiger partial charge is 0.382 e. The van der Waals surface area contributed by atoms with Gasteiger partial charge >= 0.3 is 0 Å². The molecule has 0 unspecified atom stereocenters. The normalized spacial score (nSPS) is 11.8. The minimum absolute atomic E-state index is 0.267. The Bertz CT molecular complexity index is 339. The first-order chi connectivity index (χ1) is 8.06. The van der Waals surface area contributed by atoms with Crippen LogP contribution in [0.25, 0.3) is 0 Å². The molecular weight excluding hydrogens is 284 g/mol. The van der Waals surface area contributed by atoms with Crippen molar-refractivity contribution in [1.29, 1.82) is 0 Å². The molecule has 1 aromatic carbocycles. The van der Waals surface area contributed by atoms with E-state index in [0.717, 1.165) is 10.0 Å². The summed E-state index contributed by atoms with van der Waals surface area (Å²) in [5, 5.41) is 0. The predicted octanol–water partition coefficient (Wildman–Crippen LogP) is 3.32. The van der Waals surface area contributed by atoms with E-state index in [4.69, 9.17) is 14.2 Å². The van der Waals surface area contributed by atoms with E-state index in [9.17, 15) is 0 Å². The van der Waals surface area contributed by atoms with E-state index in [1.165, 1.54) is 0 Å². The predicted molar refractivity (Wildman–Crippen MR) is 70.9 cm³/mol. The number of methoxy groups -OCH3 is 1. The quantitative estimate of drug-likeness (QED) is 0.571. The minimum atomic E-state index is -0.364. The molecule has 0 heterocycles. The molecule has 0 amide bonds. The number of hydrogen-bond acceptors (Lipinski definition) is 3. The Balaban J connectivity index is 2.45. The van der Waals surface area contributed by atoms with Gasteiger partial charge in [0.2, 0.25) is 0 Å². The molecule has 1 rings (SSSR count). The Labute approximate surface area is 111 Å². The van der Waals surface area contributed by atoms with Crippen LogP contribution in [0, 0.1) is 0 Å². The second kappa shape index (κ2) is 7.11. The number of benzene rings is 1. The highest BCUT2D eigenvalue weighted by Gasteiger charge is 2.21. The van der Waals surface area contributed by atoms with E-state index >= 15 is 0 Å². The summed E-state index contributed by atoms with van der Waals surface area (Å²) < 4.78 is 17.0. The van der Waals surface area contributed by atoms with Crippen molar-refractivity contribution >= 4 is 15.9 Å². The maximum absolute atomic E-state index is 5.72. The summed E-state index contributed by atoms with van der Waals surface area (Å²) in [5.74, 6) is 0. The van der Waals surface area contributed by atoms with Crippen molar-refractivity contribution in [3.05, 3.63) is 34.3 Å². The fourth-order valence-electron chi connectivity index (χ4n) is 1.34. The third-order valence-corrected chi connectivity index (χ3v) is 2.95. The lowest BCUT2D eigenvalue weighted by molar-refractivity contribution is -0.136. The molecule has 0 radical (unpaired) electrons. The summed E-state index contributed by atoms with van der Waals surface area (Å²) in [5.41, 5.74) is 0.749. The fourth-order valence-corrected chi connectivity index (χ4v) is 1.74. The van der Waals surface area contributed by atoms with Gasteiger partial charge in [0.25, 0.3) is 0 Å². The maximum Gasteiger partial charge on any atom is 0.148 e. The molecule has 0 aromatic heterocycles. The minimum Gasteiger partial charge on any atom is -0.382 e. The Morgan fingerprint density at radius 3 is 2.65 bits per heavy atom. The average Bonchev–Trinajstić information content (AvgIpc) is 2.29. The third kappa shape index (κ3) is 5.17. The van der Waals surface area contributed by atoms with Gasteiger partial charge in [0.05, 0.1) is 18.8 Å². The first-order valence-corrected chi connectivity index (χ1v) is 6.32. The van der Waals surface area contributed by atoms with E-state index in [-0.39, 0.29) is 12.4 Å². The molecule has 0 spiro atoms. The van der Waals surface area contributed by atoms with Crippen molar-refractivity contribution in [3.63, 3.8) is 0 Å². The van der Waals surface area contributed by atoms with Crippen molar-refractivity contribution in [2.45, 2.75) is 19.4 Å². The molecule has 0 bridgehead atoms. The maximum atomic E-state index is 5.72. The second-order valence-corrected chi connectivity index (χ2v) is 5.10. The molecule has 0 aliphatic heterocycles. The smallest absolute Gasteiger partial charge is 0.148 e. The lowest BCUT2D eigenvalue weighted by Crippen LogP contribution is -2.23. The van der Waals surface area contributed by atoms with Gasteiger partial charge in [0, 0.05) is 11.6 Å². The molecule has 0 aliphatic carbocycles. The van der Waals surface area contributed by atoms with Crippen molar-refractivity contribution in [3.8, 4) is 0 Å². The molecule has 96 valence electrons. The Kier molecular flexibility index (Phi) is 6.12. The highest BCUT2D eigenvalue weighted by Crippen LogP contribution is 2.26. The van der Waals surface area contributed by atoms with E-state index in [1.807, 2.05) is 32.0 Å². The van der Waals surface area contributed by atoms with E-state index < -0.39 is 0 Å². The monoisotopic (exact) mass is 302 g/mol. The number of rotatable bonds is 7. The van der Waals surface area contributed by atoms with E-state index in [2.05, 4.69) is 22.0 Å². The van der Waals surface area contributed by atoms with Crippen LogP contribution in [0.3, 0.4) is 0 Å². The topological polar surface area (TPSA) is 27.7 Å². The number of halogens is 1. The molecule has 1 aromatic rings. The average molecular weight is 303 g/mol. The van der Waals surface area contributed by atoms with Crippen LogP contribution in [0.5, 0.6) is 0 Å². The first kappa shape index (κ1) is 14.6. The molecule has 0 fully saturated rings. The summed E-state index contributed by atoms with van der Waals surface area (Å²) in [7, 11) is 1.65. The third-order valence-electron chi connectivity index (χ3n) is 2.45. The summed E-state index contributed by atoms with van der Waals surface area (Å²) in [6, 6.07) is 8.08. The standard InChI is InChI=1S/C13H19BrO3/c1-13(2,17-10-16-8-7-15-3)11-5-4-6-12(14)9-11/h4-6,9H,7-8,10H2,1-3H3. The highest BCUT2D eigenvalue weighted by atomic mass is 79.9. The van der Waals surface area contributed by atoms with Crippen LogP contribution in [0.15, 0.2) is 28.7 Å². The Morgan fingerprint density at radius 2 is 2.00 bits per heavy atom. The summed E-state index contributed by atoms with van der Waals surface area (Å²) in [6.45, 7) is 5.44. The van der Waals surface area contributed by atoms with Crippen LogP contribution in [-0.2, 0) is 19.8 Å². The summed E-state index contributed by atoms with van der Waals surface area (Å²) >= 11 is 3.45. The molecule has 0 N–H and O–H groups in total. The second-order valence-electron chi connectivity index (χ2n) is 4.18. The molecule has 4 heteroatoms. The molecule has 0 saturated heterocycles. The van der Waals surface area contributed by atoms with Gasteiger partial charge in [-0.25, -0.2) is 0 Å². The zero-order chi connectivity index (χ0) is 12.7. The molecule has 3 nitrogen and oxygen atoms in total. The zero-order valence-corrected chi connectivity index (χ0v) is 12.1. The van der Waals surface area contributed by atoms with E-state index in [1.54, 1.807) is 7.11 Å². The highest BCUT2D eigenvalue weighted by molar-refractivity contribution is 9.10. The van der Waals surface area contributed by atoms with Gasteiger partial charge in [-0.1, -0.05) is 28.1 Å². The van der Waals surface area contributed by atoms with E-state index in [0.29, 0.717) is 13.2 Å². The van der Waals surface area contributed by atoms with Gasteiger partial charge < -0.3 is 14.2 Å². The van der Waals surface area contributed by atoms with Gasteiger partial charge in [-0.2, -0.15) is 0 Å². The van der Waals surface area contributed by atoms with Crippen LogP contribution in [0.2, 0.25) is 0 Å². The summed E-state index contributed by atoms with van der Waals surface area (Å²) in [6.07, 6.45) is 0. The van der Waals surface area contributed by atoms with Crippen molar-refractivity contribution < 1.29 is 14.2 Å². The van der Waals surface area contributed by atoms with Gasteiger partial charge in [0.1, 0.15) is 6.79 Å². The molecule has 17 heavy (non-hydrogen) atoms. The first-order valence-electron chi connectivity index (χ1n) is 5.53. The summed E-state index contributed by atoms with van der Waals surface area (Å²) in [4.78, 5) is 0. The van der Waals surface area contributed by atoms with Gasteiger partial charge in [-0.3, -0.25) is 0 Å². The van der Waals surface area contributed by atoms with Crippen LogP contribution in [0.1, 0.15) is 19.4 Å². The molecular formula is C13H19BrO3. The van der Waals surface area contributed by atoms with Gasteiger partial charge in [0.15, 0.2) is 0 Å². The number of hydrogen-bond donors (Lipinski definition) is 0. The van der Waals surface area contributed by atoms with Crippen LogP contribution >= 0.6 is 15.9 Å². The lowest BCUT2D eigenvalue weighted by Gasteiger charge is -2.26. The van der Waals surface area contributed by atoms with Crippen LogP contribution in [0.4, 0.5) is 0 Å². The lowest BCUT2D eigenvalue weighted by atomic mass is 9.98. The molecule has 0 atom stereocenters. The number of ether oxygens (including phenoxy) is 3. The Morgan fingerprint density at radius 1 is 1.24 bits per heavy atom. The van der Waals surface area contributed by atoms with Crippen molar-refractivity contribution in [2.24, 2.45) is 0 Å². The van der Waals surface area contributed by atoms with Gasteiger partial charge in [-0.05, 0) is 31.5 Å². The zero-order valence-electron chi connectivity index (χ0n) is 10.5. The van der Waals surface area contributed by atoms with Crippen molar-refractivity contribution in [1.82, 2.24) is 0 Å². The van der Waals surface area contributed by atoms with Crippen molar-refractivity contribution in [2.75, 3.05) is 27.1 Å². The molecule has 0 aliphatic rings. The Hall–Kier alpha value is -0.420. The SMILES string of the molecule is COCCOCOC(C)(C)c1cccc(Br)c1. The molecule has 0 saturated carbocycles. The van der Waals surface area contributed by atoms with Gasteiger partial charge in [-0.15, -0.1) is 0 Å². The van der Waals surface area contributed by atoms with Crippen LogP contribution < -0.4 is 0 Å². The fraction of sp³-hybridized carbons (Fsp3) is 0.538.